The molecule has 12 heavy (non-hydrogen) atoms. The summed E-state index contributed by atoms with van der Waals surface area (Å²) in [4.78, 5) is 0. The molecule has 0 N–H and O–H groups in total. The van der Waals surface area contributed by atoms with E-state index in [2.05, 4.69) is 11.8 Å². The van der Waals surface area contributed by atoms with E-state index in [1.165, 1.54) is 25.7 Å². The Morgan fingerprint density at radius 3 is 2.75 bits per heavy atom. The van der Waals surface area contributed by atoms with Crippen LogP contribution in [0.2, 0.25) is 0 Å². The molecule has 0 atom stereocenters. The molecule has 0 saturated carbocycles. The van der Waals surface area contributed by atoms with Crippen LogP contribution < -0.4 is 0 Å². The van der Waals surface area contributed by atoms with Crippen molar-refractivity contribution in [3.8, 4) is 6.07 Å². The molecule has 1 aliphatic rings. The first kappa shape index (κ1) is 9.10. The van der Waals surface area contributed by atoms with E-state index in [4.69, 9.17) is 5.26 Å². The molecule has 0 unspecified atom stereocenters. The first-order valence-corrected chi connectivity index (χ1v) is 4.77. The third-order valence-corrected chi connectivity index (χ3v) is 2.19. The number of nitrogens with zero attached hydrogens (tertiary/aromatic N) is 1. The van der Waals surface area contributed by atoms with Gasteiger partial charge < -0.3 is 0 Å². The van der Waals surface area contributed by atoms with Crippen molar-refractivity contribution < 1.29 is 0 Å². The van der Waals surface area contributed by atoms with Gasteiger partial charge in [0.15, 0.2) is 0 Å². The maximum Gasteiger partial charge on any atom is 0.103 e. The Morgan fingerprint density at radius 2 is 1.92 bits per heavy atom. The molecule has 0 radical (unpaired) electrons. The van der Waals surface area contributed by atoms with Crippen molar-refractivity contribution in [3.63, 3.8) is 0 Å². The molecule has 0 aromatic carbocycles. The van der Waals surface area contributed by atoms with E-state index in [9.17, 15) is 0 Å². The third-order valence-electron chi connectivity index (χ3n) is 2.19. The van der Waals surface area contributed by atoms with Crippen molar-refractivity contribution in [2.45, 2.75) is 44.9 Å². The molecule has 0 spiro atoms. The molecule has 1 rings (SSSR count). The van der Waals surface area contributed by atoms with Crippen molar-refractivity contribution in [2.75, 3.05) is 0 Å². The molecule has 0 bridgehead atoms. The maximum atomic E-state index is 8.70. The predicted octanol–water partition coefficient (Wildman–Crippen LogP) is 3.34. The summed E-state index contributed by atoms with van der Waals surface area (Å²) in [7, 11) is 0. The van der Waals surface area contributed by atoms with Gasteiger partial charge in [-0.3, -0.25) is 0 Å². The number of nitriles is 1. The first-order chi connectivity index (χ1) is 5.93. The summed E-state index contributed by atoms with van der Waals surface area (Å²) in [5, 5.41) is 8.70. The lowest BCUT2D eigenvalue weighted by atomic mass is 10.0. The van der Waals surface area contributed by atoms with Gasteiger partial charge in [-0.05, 0) is 31.8 Å². The van der Waals surface area contributed by atoms with Gasteiger partial charge in [0.2, 0.25) is 0 Å². The van der Waals surface area contributed by atoms with Crippen molar-refractivity contribution >= 4 is 0 Å². The average Bonchev–Trinajstić information content (AvgIpc) is 2.14. The van der Waals surface area contributed by atoms with Crippen LogP contribution >= 0.6 is 0 Å². The van der Waals surface area contributed by atoms with Gasteiger partial charge in [0.05, 0.1) is 5.57 Å². The van der Waals surface area contributed by atoms with Crippen molar-refractivity contribution in [3.05, 3.63) is 17.4 Å². The molecule has 64 valence electrons. The standard InChI is InChI=1S/C11H15N/c12-10-11-8-6-4-2-1-3-5-7-9-11/h6H,1-5,7,9H2. The third kappa shape index (κ3) is 3.42. The lowest BCUT2D eigenvalue weighted by Crippen LogP contribution is -1.83. The quantitative estimate of drug-likeness (QED) is 0.500. The summed E-state index contributed by atoms with van der Waals surface area (Å²) < 4.78 is 0. The van der Waals surface area contributed by atoms with Crippen LogP contribution in [0.25, 0.3) is 0 Å². The van der Waals surface area contributed by atoms with Gasteiger partial charge in [-0.15, -0.1) is 5.73 Å². The molecule has 0 saturated heterocycles. The number of hydrogen-bond donors (Lipinski definition) is 0. The monoisotopic (exact) mass is 161 g/mol. The van der Waals surface area contributed by atoms with Gasteiger partial charge in [0, 0.05) is 0 Å². The zero-order valence-electron chi connectivity index (χ0n) is 7.47. The Hall–Kier alpha value is -0.990. The van der Waals surface area contributed by atoms with E-state index in [-0.39, 0.29) is 0 Å². The Balaban J connectivity index is 2.55. The van der Waals surface area contributed by atoms with E-state index in [0.29, 0.717) is 0 Å². The van der Waals surface area contributed by atoms with Crippen LogP contribution in [0.5, 0.6) is 0 Å². The summed E-state index contributed by atoms with van der Waals surface area (Å²) in [6, 6.07) is 2.19. The highest BCUT2D eigenvalue weighted by atomic mass is 14.2. The lowest BCUT2D eigenvalue weighted by molar-refractivity contribution is 0.616. The molecule has 0 aliphatic heterocycles. The Bertz CT molecular complexity index is 226. The predicted molar refractivity (Wildman–Crippen MR) is 49.5 cm³/mol. The van der Waals surface area contributed by atoms with Crippen LogP contribution in [0.1, 0.15) is 44.9 Å². The van der Waals surface area contributed by atoms with Crippen LogP contribution in [0.4, 0.5) is 0 Å². The summed E-state index contributed by atoms with van der Waals surface area (Å²) in [5.74, 6) is 0. The van der Waals surface area contributed by atoms with Crippen LogP contribution in [0.15, 0.2) is 17.4 Å². The first-order valence-electron chi connectivity index (χ1n) is 4.77. The molecule has 1 nitrogen and oxygen atoms in total. The molecular weight excluding hydrogens is 146 g/mol. The highest BCUT2D eigenvalue weighted by Crippen LogP contribution is 2.12. The SMILES string of the molecule is N#CC1=C=CCCCCCCC1. The molecule has 1 heteroatoms. The van der Waals surface area contributed by atoms with E-state index >= 15 is 0 Å². The zero-order valence-corrected chi connectivity index (χ0v) is 7.47. The smallest absolute Gasteiger partial charge is 0.103 e. The van der Waals surface area contributed by atoms with Crippen LogP contribution in [0, 0.1) is 11.3 Å². The Morgan fingerprint density at radius 1 is 1.17 bits per heavy atom. The lowest BCUT2D eigenvalue weighted by Gasteiger charge is -2.00. The number of rotatable bonds is 0. The van der Waals surface area contributed by atoms with E-state index in [1.54, 1.807) is 0 Å². The second-order valence-corrected chi connectivity index (χ2v) is 3.25. The van der Waals surface area contributed by atoms with Crippen LogP contribution in [-0.4, -0.2) is 0 Å². The van der Waals surface area contributed by atoms with E-state index < -0.39 is 0 Å². The van der Waals surface area contributed by atoms with Gasteiger partial charge in [0.1, 0.15) is 6.07 Å². The minimum Gasteiger partial charge on any atom is -0.192 e. The minimum absolute atomic E-state index is 0.830. The highest BCUT2D eigenvalue weighted by molar-refractivity contribution is 5.19. The largest absolute Gasteiger partial charge is 0.192 e. The number of hydrogen-bond acceptors (Lipinski definition) is 1. The molecular formula is C11H15N. The van der Waals surface area contributed by atoms with Gasteiger partial charge in [-0.1, -0.05) is 19.3 Å². The van der Waals surface area contributed by atoms with Gasteiger partial charge in [-0.25, -0.2) is 0 Å². The molecule has 0 amide bonds. The van der Waals surface area contributed by atoms with Crippen molar-refractivity contribution in [1.82, 2.24) is 0 Å². The van der Waals surface area contributed by atoms with Gasteiger partial charge in [0.25, 0.3) is 0 Å². The fraction of sp³-hybridized carbons (Fsp3) is 0.636. The molecule has 0 heterocycles. The topological polar surface area (TPSA) is 23.8 Å². The average molecular weight is 161 g/mol. The van der Waals surface area contributed by atoms with Gasteiger partial charge in [-0.2, -0.15) is 5.26 Å². The maximum absolute atomic E-state index is 8.70. The summed E-state index contributed by atoms with van der Waals surface area (Å²) in [5.41, 5.74) is 3.90. The van der Waals surface area contributed by atoms with E-state index in [0.717, 1.165) is 24.8 Å². The molecule has 0 aromatic rings. The van der Waals surface area contributed by atoms with Crippen molar-refractivity contribution in [1.29, 1.82) is 5.26 Å². The fourth-order valence-corrected chi connectivity index (χ4v) is 1.43. The van der Waals surface area contributed by atoms with Crippen molar-refractivity contribution in [2.24, 2.45) is 0 Å². The molecule has 1 aliphatic carbocycles. The van der Waals surface area contributed by atoms with Gasteiger partial charge >= 0.3 is 0 Å². The second-order valence-electron chi connectivity index (χ2n) is 3.25. The van der Waals surface area contributed by atoms with Crippen LogP contribution in [0.3, 0.4) is 0 Å². The Labute approximate surface area is 74.4 Å². The molecule has 0 fully saturated rings. The minimum atomic E-state index is 0.830. The fourth-order valence-electron chi connectivity index (χ4n) is 1.43. The molecule has 0 aromatic heterocycles. The van der Waals surface area contributed by atoms with E-state index in [1.807, 2.05) is 6.08 Å². The normalized spacial score (nSPS) is 19.4. The van der Waals surface area contributed by atoms with Crippen LogP contribution in [-0.2, 0) is 0 Å². The highest BCUT2D eigenvalue weighted by Gasteiger charge is 1.96. The summed E-state index contributed by atoms with van der Waals surface area (Å²) in [6.45, 7) is 0. The summed E-state index contributed by atoms with van der Waals surface area (Å²) in [6.07, 6.45) is 10.4. The second kappa shape index (κ2) is 5.63. The Kier molecular flexibility index (Phi) is 4.27. The number of allylic oxidation sites excluding steroid dienone is 1. The summed E-state index contributed by atoms with van der Waals surface area (Å²) >= 11 is 0. The zero-order chi connectivity index (χ0) is 8.65.